The second kappa shape index (κ2) is 10.5. The van der Waals surface area contributed by atoms with Gasteiger partial charge in [0.15, 0.2) is 11.6 Å². The van der Waals surface area contributed by atoms with Crippen molar-refractivity contribution in [1.82, 2.24) is 9.97 Å². The molecule has 5 rings (SSSR count). The Morgan fingerprint density at radius 3 is 2.13 bits per heavy atom. The molecule has 0 saturated heterocycles. The van der Waals surface area contributed by atoms with Gasteiger partial charge in [-0.1, -0.05) is 48.5 Å². The first-order valence-electron chi connectivity index (χ1n) is 11.5. The summed E-state index contributed by atoms with van der Waals surface area (Å²) in [6.45, 7) is 0.424. The van der Waals surface area contributed by atoms with Crippen LogP contribution >= 0.6 is 0 Å². The summed E-state index contributed by atoms with van der Waals surface area (Å²) < 4.78 is 34.5. The number of sulfonamides is 1. The minimum atomic E-state index is -4.21. The highest BCUT2D eigenvalue weighted by Gasteiger charge is 2.21. The van der Waals surface area contributed by atoms with E-state index in [1.54, 1.807) is 48.5 Å². The zero-order valence-corrected chi connectivity index (χ0v) is 20.6. The lowest BCUT2D eigenvalue weighted by atomic mass is 10.2. The first kappa shape index (κ1) is 24.7. The number of aromatic nitrogens is 2. The molecule has 0 saturated carbocycles. The number of nitro groups is 1. The van der Waals surface area contributed by atoms with Crippen molar-refractivity contribution in [2.75, 3.05) is 10.0 Å². The highest BCUT2D eigenvalue weighted by molar-refractivity contribution is 7.92. The van der Waals surface area contributed by atoms with Gasteiger partial charge in [0.05, 0.1) is 20.9 Å². The largest absolute Gasteiger partial charge is 0.489 e. The molecule has 190 valence electrons. The molecule has 1 aromatic heterocycles. The SMILES string of the molecule is O=[N+]([O-])c1cccc(S(=O)(=O)Nc2nc3ccccc3nc2Nc2ccc(OCc3ccccc3)cc2)c1. The number of rotatable bonds is 9. The van der Waals surface area contributed by atoms with Crippen LogP contribution in [0, 0.1) is 10.1 Å². The summed E-state index contributed by atoms with van der Waals surface area (Å²) in [7, 11) is -4.21. The van der Waals surface area contributed by atoms with Crippen LogP contribution in [0.3, 0.4) is 0 Å². The smallest absolute Gasteiger partial charge is 0.270 e. The Morgan fingerprint density at radius 2 is 1.45 bits per heavy atom. The number of non-ortho nitro benzene ring substituents is 1. The highest BCUT2D eigenvalue weighted by Crippen LogP contribution is 2.28. The summed E-state index contributed by atoms with van der Waals surface area (Å²) in [5.74, 6) is 0.769. The standard InChI is InChI=1S/C27H21N5O5S/c33-32(34)21-9-6-10-23(17-21)38(35,36)31-27-26(29-24-11-4-5-12-25(24)30-27)28-20-13-15-22(16-14-20)37-18-19-7-2-1-3-8-19/h1-17H,18H2,(H,28,29)(H,30,31). The van der Waals surface area contributed by atoms with Crippen LogP contribution in [0.25, 0.3) is 11.0 Å². The molecule has 0 bridgehead atoms. The number of nitrogens with one attached hydrogen (secondary N) is 2. The van der Waals surface area contributed by atoms with Gasteiger partial charge in [-0.05, 0) is 48.0 Å². The Morgan fingerprint density at radius 1 is 0.789 bits per heavy atom. The minimum Gasteiger partial charge on any atom is -0.489 e. The number of para-hydroxylation sites is 2. The fraction of sp³-hybridized carbons (Fsp3) is 0.0370. The van der Waals surface area contributed by atoms with E-state index in [1.807, 2.05) is 30.3 Å². The average Bonchev–Trinajstić information content (AvgIpc) is 2.93. The number of fused-ring (bicyclic) bond motifs is 1. The van der Waals surface area contributed by atoms with E-state index in [1.165, 1.54) is 18.2 Å². The zero-order chi connectivity index (χ0) is 26.5. The first-order chi connectivity index (χ1) is 18.4. The van der Waals surface area contributed by atoms with Crippen molar-refractivity contribution in [2.45, 2.75) is 11.5 Å². The van der Waals surface area contributed by atoms with Crippen LogP contribution in [0.15, 0.2) is 108 Å². The average molecular weight is 528 g/mol. The Bertz CT molecular complexity index is 1710. The van der Waals surface area contributed by atoms with E-state index in [2.05, 4.69) is 20.0 Å². The van der Waals surface area contributed by atoms with Crippen molar-refractivity contribution >= 4 is 44.1 Å². The summed E-state index contributed by atoms with van der Waals surface area (Å²) in [5.41, 5.74) is 2.35. The molecule has 5 aromatic rings. The predicted octanol–water partition coefficient (Wildman–Crippen LogP) is 5.66. The minimum absolute atomic E-state index is 0.0559. The van der Waals surface area contributed by atoms with E-state index in [0.29, 0.717) is 29.1 Å². The van der Waals surface area contributed by atoms with Crippen LogP contribution in [0.2, 0.25) is 0 Å². The molecular weight excluding hydrogens is 506 g/mol. The van der Waals surface area contributed by atoms with E-state index in [4.69, 9.17) is 4.74 Å². The van der Waals surface area contributed by atoms with E-state index < -0.39 is 14.9 Å². The molecule has 0 radical (unpaired) electrons. The van der Waals surface area contributed by atoms with Gasteiger partial charge >= 0.3 is 0 Å². The second-order valence-electron chi connectivity index (χ2n) is 8.19. The van der Waals surface area contributed by atoms with Crippen LogP contribution < -0.4 is 14.8 Å². The normalized spacial score (nSPS) is 11.2. The number of nitrogens with zero attached hydrogens (tertiary/aromatic N) is 3. The molecule has 0 atom stereocenters. The van der Waals surface area contributed by atoms with Crippen molar-refractivity contribution in [3.8, 4) is 5.75 Å². The maximum absolute atomic E-state index is 13.1. The van der Waals surface area contributed by atoms with Crippen LogP contribution in [0.1, 0.15) is 5.56 Å². The number of hydrogen-bond acceptors (Lipinski definition) is 8. The summed E-state index contributed by atoms with van der Waals surface area (Å²) in [6.07, 6.45) is 0. The van der Waals surface area contributed by atoms with E-state index in [9.17, 15) is 18.5 Å². The number of hydrogen-bond donors (Lipinski definition) is 2. The molecule has 0 fully saturated rings. The number of benzene rings is 4. The number of ether oxygens (including phenoxy) is 1. The summed E-state index contributed by atoms with van der Waals surface area (Å²) >= 11 is 0. The van der Waals surface area contributed by atoms with Gasteiger partial charge in [0.2, 0.25) is 0 Å². The van der Waals surface area contributed by atoms with Crippen molar-refractivity contribution < 1.29 is 18.1 Å². The lowest BCUT2D eigenvalue weighted by molar-refractivity contribution is -0.385. The molecular formula is C27H21N5O5S. The lowest BCUT2D eigenvalue weighted by Gasteiger charge is -2.14. The molecule has 1 heterocycles. The molecule has 0 spiro atoms. The van der Waals surface area contributed by atoms with Crippen LogP contribution in [0.5, 0.6) is 5.75 Å². The number of anilines is 3. The van der Waals surface area contributed by atoms with E-state index >= 15 is 0 Å². The highest BCUT2D eigenvalue weighted by atomic mass is 32.2. The van der Waals surface area contributed by atoms with Gasteiger partial charge in [0.25, 0.3) is 15.7 Å². The third-order valence-electron chi connectivity index (χ3n) is 5.51. The van der Waals surface area contributed by atoms with Gasteiger partial charge in [0, 0.05) is 17.8 Å². The van der Waals surface area contributed by atoms with E-state index in [0.717, 1.165) is 11.6 Å². The molecule has 0 aliphatic heterocycles. The number of nitro benzene ring substituents is 1. The topological polar surface area (TPSA) is 136 Å². The summed E-state index contributed by atoms with van der Waals surface area (Å²) in [5, 5.41) is 14.2. The fourth-order valence-corrected chi connectivity index (χ4v) is 4.67. The van der Waals surface area contributed by atoms with Crippen molar-refractivity contribution in [2.24, 2.45) is 0 Å². The molecule has 10 nitrogen and oxygen atoms in total. The third-order valence-corrected chi connectivity index (χ3v) is 6.84. The lowest BCUT2D eigenvalue weighted by Crippen LogP contribution is -2.16. The molecule has 0 unspecified atom stereocenters. The van der Waals surface area contributed by atoms with Crippen LogP contribution in [0.4, 0.5) is 23.0 Å². The Hall–Kier alpha value is -5.03. The first-order valence-corrected chi connectivity index (χ1v) is 12.9. The van der Waals surface area contributed by atoms with Gasteiger partial charge < -0.3 is 10.1 Å². The molecule has 11 heteroatoms. The Balaban J connectivity index is 1.41. The second-order valence-corrected chi connectivity index (χ2v) is 9.88. The third kappa shape index (κ3) is 5.68. The van der Waals surface area contributed by atoms with Gasteiger partial charge in [-0.15, -0.1) is 0 Å². The summed E-state index contributed by atoms with van der Waals surface area (Å²) in [6, 6.07) is 28.7. The van der Waals surface area contributed by atoms with Crippen LogP contribution in [-0.2, 0) is 16.6 Å². The van der Waals surface area contributed by atoms with Gasteiger partial charge in [-0.25, -0.2) is 18.4 Å². The molecule has 38 heavy (non-hydrogen) atoms. The van der Waals surface area contributed by atoms with E-state index in [-0.39, 0.29) is 22.2 Å². The Kier molecular flexibility index (Phi) is 6.83. The van der Waals surface area contributed by atoms with Gasteiger partial charge in [-0.3, -0.25) is 14.8 Å². The zero-order valence-electron chi connectivity index (χ0n) is 19.8. The van der Waals surface area contributed by atoms with Gasteiger partial charge in [-0.2, -0.15) is 0 Å². The summed E-state index contributed by atoms with van der Waals surface area (Å²) in [4.78, 5) is 19.2. The fourth-order valence-electron chi connectivity index (χ4n) is 3.62. The van der Waals surface area contributed by atoms with Gasteiger partial charge in [0.1, 0.15) is 12.4 Å². The monoisotopic (exact) mass is 527 g/mol. The Labute approximate surface area is 218 Å². The molecule has 0 aliphatic rings. The van der Waals surface area contributed by atoms with Crippen molar-refractivity contribution in [3.05, 3.63) is 119 Å². The maximum atomic E-state index is 13.1. The molecule has 4 aromatic carbocycles. The molecule has 0 aliphatic carbocycles. The van der Waals surface area contributed by atoms with Crippen LogP contribution in [-0.4, -0.2) is 23.3 Å². The maximum Gasteiger partial charge on any atom is 0.270 e. The predicted molar refractivity (Wildman–Crippen MR) is 144 cm³/mol. The van der Waals surface area contributed by atoms with Crippen molar-refractivity contribution in [3.63, 3.8) is 0 Å². The molecule has 0 amide bonds. The molecule has 2 N–H and O–H groups in total. The van der Waals surface area contributed by atoms with Crippen molar-refractivity contribution in [1.29, 1.82) is 0 Å². The quantitative estimate of drug-likeness (QED) is 0.185.